The van der Waals surface area contributed by atoms with E-state index in [0.29, 0.717) is 24.0 Å². The molecule has 0 aromatic carbocycles. The van der Waals surface area contributed by atoms with Crippen LogP contribution >= 0.6 is 24.2 Å². The highest BCUT2D eigenvalue weighted by Crippen LogP contribution is 2.11. The largest absolute Gasteiger partial charge is 0.465 e. The molecule has 1 aromatic heterocycles. The van der Waals surface area contributed by atoms with Gasteiger partial charge < -0.3 is 4.74 Å². The Morgan fingerprint density at radius 1 is 1.56 bits per heavy atom. The van der Waals surface area contributed by atoms with Crippen molar-refractivity contribution in [2.24, 2.45) is 0 Å². The van der Waals surface area contributed by atoms with Crippen molar-refractivity contribution in [3.63, 3.8) is 0 Å². The predicted molar refractivity (Wildman–Crippen MR) is 63.2 cm³/mol. The van der Waals surface area contributed by atoms with E-state index in [4.69, 9.17) is 16.3 Å². The van der Waals surface area contributed by atoms with E-state index < -0.39 is 0 Å². The molecule has 0 atom stereocenters. The van der Waals surface area contributed by atoms with Crippen LogP contribution in [0.1, 0.15) is 16.1 Å². The standard InChI is InChI=1S/C10H10ClNO3S/c11-10-7(5-13)1-2-8(12-10)3-4-15-9(14)6-16/h1-2,5,16H,3-4,6H2. The van der Waals surface area contributed by atoms with Crippen molar-refractivity contribution in [2.45, 2.75) is 6.42 Å². The lowest BCUT2D eigenvalue weighted by Crippen LogP contribution is -2.09. The third-order valence-electron chi connectivity index (χ3n) is 1.81. The lowest BCUT2D eigenvalue weighted by atomic mass is 10.2. The first kappa shape index (κ1) is 13.0. The molecule has 0 unspecified atom stereocenters. The van der Waals surface area contributed by atoms with Gasteiger partial charge in [0.1, 0.15) is 5.15 Å². The van der Waals surface area contributed by atoms with E-state index in [-0.39, 0.29) is 23.5 Å². The van der Waals surface area contributed by atoms with E-state index in [1.807, 2.05) is 0 Å². The van der Waals surface area contributed by atoms with Crippen molar-refractivity contribution < 1.29 is 14.3 Å². The molecular weight excluding hydrogens is 250 g/mol. The van der Waals surface area contributed by atoms with Crippen molar-refractivity contribution in [3.05, 3.63) is 28.5 Å². The highest BCUT2D eigenvalue weighted by Gasteiger charge is 2.04. The van der Waals surface area contributed by atoms with E-state index in [1.165, 1.54) is 0 Å². The van der Waals surface area contributed by atoms with Crippen LogP contribution in [0, 0.1) is 0 Å². The normalized spacial score (nSPS) is 9.88. The number of pyridine rings is 1. The van der Waals surface area contributed by atoms with Crippen LogP contribution < -0.4 is 0 Å². The summed E-state index contributed by atoms with van der Waals surface area (Å²) in [6.45, 7) is 0.225. The second kappa shape index (κ2) is 6.50. The van der Waals surface area contributed by atoms with Gasteiger partial charge in [-0.2, -0.15) is 12.6 Å². The second-order valence-corrected chi connectivity index (χ2v) is 3.60. The smallest absolute Gasteiger partial charge is 0.315 e. The average Bonchev–Trinajstić information content (AvgIpc) is 2.29. The molecule has 0 bridgehead atoms. The fourth-order valence-electron chi connectivity index (χ4n) is 1.02. The van der Waals surface area contributed by atoms with Gasteiger partial charge in [-0.25, -0.2) is 4.98 Å². The van der Waals surface area contributed by atoms with Gasteiger partial charge in [0.2, 0.25) is 0 Å². The minimum Gasteiger partial charge on any atom is -0.465 e. The van der Waals surface area contributed by atoms with Crippen LogP contribution in [0.5, 0.6) is 0 Å². The molecule has 0 N–H and O–H groups in total. The van der Waals surface area contributed by atoms with Gasteiger partial charge in [-0.1, -0.05) is 11.6 Å². The SMILES string of the molecule is O=Cc1ccc(CCOC(=O)CS)nc1Cl. The monoisotopic (exact) mass is 259 g/mol. The number of halogens is 1. The molecule has 16 heavy (non-hydrogen) atoms. The fraction of sp³-hybridized carbons (Fsp3) is 0.300. The molecule has 86 valence electrons. The van der Waals surface area contributed by atoms with Crippen LogP contribution in [-0.2, 0) is 16.0 Å². The number of rotatable bonds is 5. The summed E-state index contributed by atoms with van der Waals surface area (Å²) in [5, 5.41) is 0.160. The Balaban J connectivity index is 2.52. The minimum absolute atomic E-state index is 0.0538. The number of esters is 1. The Bertz CT molecular complexity index is 398. The fourth-order valence-corrected chi connectivity index (χ4v) is 1.33. The molecule has 1 rings (SSSR count). The highest BCUT2D eigenvalue weighted by molar-refractivity contribution is 7.81. The van der Waals surface area contributed by atoms with E-state index in [9.17, 15) is 9.59 Å². The molecule has 6 heteroatoms. The lowest BCUT2D eigenvalue weighted by Gasteiger charge is -2.03. The Morgan fingerprint density at radius 3 is 2.88 bits per heavy atom. The zero-order chi connectivity index (χ0) is 12.0. The van der Waals surface area contributed by atoms with Gasteiger partial charge in [0, 0.05) is 12.1 Å². The predicted octanol–water partition coefficient (Wildman–Crippen LogP) is 1.56. The van der Waals surface area contributed by atoms with Gasteiger partial charge in [-0.15, -0.1) is 0 Å². The number of ether oxygens (including phenoxy) is 1. The van der Waals surface area contributed by atoms with Crippen molar-refractivity contribution in [1.29, 1.82) is 0 Å². The van der Waals surface area contributed by atoms with Crippen LogP contribution in [0.4, 0.5) is 0 Å². The summed E-state index contributed by atoms with van der Waals surface area (Å²) in [6, 6.07) is 3.25. The summed E-state index contributed by atoms with van der Waals surface area (Å²) in [5.41, 5.74) is 1.01. The molecule has 0 aliphatic rings. The highest BCUT2D eigenvalue weighted by atomic mass is 35.5. The maximum atomic E-state index is 10.8. The number of hydrogen-bond acceptors (Lipinski definition) is 5. The number of nitrogens with zero attached hydrogens (tertiary/aromatic N) is 1. The summed E-state index contributed by atoms with van der Waals surface area (Å²) >= 11 is 9.50. The summed E-state index contributed by atoms with van der Waals surface area (Å²) in [5.74, 6) is -0.322. The first-order valence-electron chi connectivity index (χ1n) is 4.54. The Labute approximate surface area is 103 Å². The minimum atomic E-state index is -0.376. The molecule has 0 saturated carbocycles. The van der Waals surface area contributed by atoms with Crippen LogP contribution in [0.25, 0.3) is 0 Å². The molecule has 0 spiro atoms. The topological polar surface area (TPSA) is 56.3 Å². The van der Waals surface area contributed by atoms with Gasteiger partial charge in [0.15, 0.2) is 6.29 Å². The van der Waals surface area contributed by atoms with Crippen LogP contribution in [0.3, 0.4) is 0 Å². The number of carbonyl (C=O) groups excluding carboxylic acids is 2. The Hall–Kier alpha value is -1.07. The number of carbonyl (C=O) groups is 2. The Morgan fingerprint density at radius 2 is 2.31 bits per heavy atom. The molecule has 0 aliphatic heterocycles. The van der Waals surface area contributed by atoms with Crippen LogP contribution in [-0.4, -0.2) is 29.6 Å². The first-order chi connectivity index (χ1) is 7.67. The number of aromatic nitrogens is 1. The van der Waals surface area contributed by atoms with Gasteiger partial charge in [0.25, 0.3) is 0 Å². The third kappa shape index (κ3) is 3.83. The zero-order valence-electron chi connectivity index (χ0n) is 8.35. The summed E-state index contributed by atoms with van der Waals surface area (Å²) in [6.07, 6.45) is 1.10. The first-order valence-corrected chi connectivity index (χ1v) is 5.55. The van der Waals surface area contributed by atoms with Crippen molar-refractivity contribution in [1.82, 2.24) is 4.98 Å². The van der Waals surface area contributed by atoms with Crippen LogP contribution in [0.2, 0.25) is 5.15 Å². The Kier molecular flexibility index (Phi) is 5.28. The second-order valence-electron chi connectivity index (χ2n) is 2.93. The van der Waals surface area contributed by atoms with Gasteiger partial charge in [-0.05, 0) is 12.1 Å². The zero-order valence-corrected chi connectivity index (χ0v) is 10.0. The van der Waals surface area contributed by atoms with E-state index in [2.05, 4.69) is 17.6 Å². The summed E-state index contributed by atoms with van der Waals surface area (Å²) in [7, 11) is 0. The summed E-state index contributed by atoms with van der Waals surface area (Å²) < 4.78 is 4.82. The van der Waals surface area contributed by atoms with Crippen molar-refractivity contribution >= 4 is 36.5 Å². The molecule has 0 amide bonds. The summed E-state index contributed by atoms with van der Waals surface area (Å²) in [4.78, 5) is 25.2. The molecule has 1 aromatic rings. The van der Waals surface area contributed by atoms with Gasteiger partial charge in [-0.3, -0.25) is 9.59 Å². The number of thiol groups is 1. The molecular formula is C10H10ClNO3S. The number of aldehydes is 1. The van der Waals surface area contributed by atoms with E-state index in [0.717, 1.165) is 0 Å². The van der Waals surface area contributed by atoms with Gasteiger partial charge >= 0.3 is 5.97 Å². The van der Waals surface area contributed by atoms with E-state index in [1.54, 1.807) is 12.1 Å². The maximum Gasteiger partial charge on any atom is 0.315 e. The van der Waals surface area contributed by atoms with Gasteiger partial charge in [0.05, 0.1) is 17.9 Å². The van der Waals surface area contributed by atoms with Crippen LogP contribution in [0.15, 0.2) is 12.1 Å². The quantitative estimate of drug-likeness (QED) is 0.377. The lowest BCUT2D eigenvalue weighted by molar-refractivity contribution is -0.140. The molecule has 1 heterocycles. The molecule has 0 radical (unpaired) electrons. The molecule has 0 saturated heterocycles. The molecule has 0 fully saturated rings. The third-order valence-corrected chi connectivity index (χ3v) is 2.37. The molecule has 4 nitrogen and oxygen atoms in total. The maximum absolute atomic E-state index is 10.8. The average molecular weight is 260 g/mol. The van der Waals surface area contributed by atoms with Crippen molar-refractivity contribution in [2.75, 3.05) is 12.4 Å². The van der Waals surface area contributed by atoms with E-state index >= 15 is 0 Å². The molecule has 0 aliphatic carbocycles. The van der Waals surface area contributed by atoms with Crippen molar-refractivity contribution in [3.8, 4) is 0 Å². The number of hydrogen-bond donors (Lipinski definition) is 1.